The molecule has 3 atom stereocenters. The van der Waals surface area contributed by atoms with E-state index in [0.717, 1.165) is 0 Å². The van der Waals surface area contributed by atoms with Gasteiger partial charge in [0, 0.05) is 19.7 Å². The lowest BCUT2D eigenvalue weighted by atomic mass is 9.84. The maximum Gasteiger partial charge on any atom is 0.309 e. The van der Waals surface area contributed by atoms with Crippen molar-refractivity contribution in [3.8, 4) is 5.75 Å². The van der Waals surface area contributed by atoms with Gasteiger partial charge in [0.15, 0.2) is 17.7 Å². The quantitative estimate of drug-likeness (QED) is 0.822. The molecule has 148 valence electrons. The van der Waals surface area contributed by atoms with Gasteiger partial charge in [-0.2, -0.15) is 0 Å². The van der Waals surface area contributed by atoms with Crippen molar-refractivity contribution in [3.63, 3.8) is 0 Å². The monoisotopic (exact) mass is 379 g/mol. The van der Waals surface area contributed by atoms with Gasteiger partial charge in [0.25, 0.3) is 5.91 Å². The molecule has 0 saturated carbocycles. The molecule has 1 amide bonds. The number of carbonyl (C=O) groups excluding carboxylic acids is 1. The van der Waals surface area contributed by atoms with Gasteiger partial charge in [-0.3, -0.25) is 9.59 Å². The SMILES string of the molecule is CCC(Oc1ccccc1F)C(=O)N1CCC([C@@H]2OCCC2C(=O)O)CC1. The molecule has 1 aromatic rings. The van der Waals surface area contributed by atoms with Crippen molar-refractivity contribution in [1.82, 2.24) is 4.90 Å². The number of carboxylic acid groups (broad SMARTS) is 1. The molecule has 1 aromatic carbocycles. The van der Waals surface area contributed by atoms with Crippen molar-refractivity contribution < 1.29 is 28.6 Å². The Morgan fingerprint density at radius 1 is 1.30 bits per heavy atom. The number of carboxylic acids is 1. The molecule has 0 spiro atoms. The predicted octanol–water partition coefficient (Wildman–Crippen LogP) is 2.71. The van der Waals surface area contributed by atoms with Gasteiger partial charge in [0.05, 0.1) is 12.0 Å². The summed E-state index contributed by atoms with van der Waals surface area (Å²) in [6.45, 7) is 3.38. The van der Waals surface area contributed by atoms with E-state index < -0.39 is 23.8 Å². The molecule has 1 N–H and O–H groups in total. The number of benzene rings is 1. The summed E-state index contributed by atoms with van der Waals surface area (Å²) in [6.07, 6.45) is 1.41. The maximum absolute atomic E-state index is 13.8. The van der Waals surface area contributed by atoms with E-state index >= 15 is 0 Å². The third-order valence-corrected chi connectivity index (χ3v) is 5.52. The van der Waals surface area contributed by atoms with Crippen molar-refractivity contribution in [2.75, 3.05) is 19.7 Å². The van der Waals surface area contributed by atoms with E-state index in [4.69, 9.17) is 9.47 Å². The maximum atomic E-state index is 13.8. The van der Waals surface area contributed by atoms with Gasteiger partial charge in [-0.05, 0) is 43.7 Å². The van der Waals surface area contributed by atoms with Crippen LogP contribution in [0.2, 0.25) is 0 Å². The lowest BCUT2D eigenvalue weighted by Gasteiger charge is -2.36. The van der Waals surface area contributed by atoms with Crippen molar-refractivity contribution in [2.45, 2.75) is 44.8 Å². The molecule has 0 radical (unpaired) electrons. The number of nitrogens with zero attached hydrogens (tertiary/aromatic N) is 1. The van der Waals surface area contributed by atoms with Crippen LogP contribution < -0.4 is 4.74 Å². The van der Waals surface area contributed by atoms with E-state index in [-0.39, 0.29) is 23.7 Å². The first kappa shape index (κ1) is 19.6. The molecule has 2 aliphatic rings. The summed E-state index contributed by atoms with van der Waals surface area (Å²) >= 11 is 0. The second-order valence-electron chi connectivity index (χ2n) is 7.18. The molecule has 3 rings (SSSR count). The van der Waals surface area contributed by atoms with Crippen LogP contribution in [0.25, 0.3) is 0 Å². The van der Waals surface area contributed by atoms with Crippen LogP contribution in [-0.2, 0) is 14.3 Å². The fraction of sp³-hybridized carbons (Fsp3) is 0.600. The highest BCUT2D eigenvalue weighted by molar-refractivity contribution is 5.81. The Labute approximate surface area is 158 Å². The lowest BCUT2D eigenvalue weighted by molar-refractivity contribution is -0.147. The molecule has 2 saturated heterocycles. The van der Waals surface area contributed by atoms with Crippen LogP contribution in [0.1, 0.15) is 32.6 Å². The molecule has 27 heavy (non-hydrogen) atoms. The molecule has 2 aliphatic heterocycles. The first-order chi connectivity index (χ1) is 13.0. The Bertz CT molecular complexity index is 674. The van der Waals surface area contributed by atoms with Gasteiger partial charge < -0.3 is 19.5 Å². The number of ether oxygens (including phenoxy) is 2. The number of carbonyl (C=O) groups is 2. The Hall–Kier alpha value is -2.15. The van der Waals surface area contributed by atoms with E-state index in [9.17, 15) is 19.1 Å². The van der Waals surface area contributed by atoms with E-state index in [0.29, 0.717) is 45.4 Å². The number of likely N-dealkylation sites (tertiary alicyclic amines) is 1. The lowest BCUT2D eigenvalue weighted by Crippen LogP contribution is -2.48. The number of aliphatic carboxylic acids is 1. The normalized spacial score (nSPS) is 24.6. The van der Waals surface area contributed by atoms with Gasteiger partial charge in [-0.15, -0.1) is 0 Å². The number of para-hydroxylation sites is 1. The molecule has 0 bridgehead atoms. The fourth-order valence-corrected chi connectivity index (χ4v) is 3.99. The van der Waals surface area contributed by atoms with E-state index in [1.165, 1.54) is 12.1 Å². The second kappa shape index (κ2) is 8.69. The highest BCUT2D eigenvalue weighted by atomic mass is 19.1. The van der Waals surface area contributed by atoms with Gasteiger partial charge in [-0.25, -0.2) is 4.39 Å². The minimum absolute atomic E-state index is 0.0799. The molecule has 7 heteroatoms. The fourth-order valence-electron chi connectivity index (χ4n) is 3.99. The molecule has 2 fully saturated rings. The average molecular weight is 379 g/mol. The van der Waals surface area contributed by atoms with Crippen LogP contribution in [0.3, 0.4) is 0 Å². The zero-order chi connectivity index (χ0) is 19.4. The van der Waals surface area contributed by atoms with Crippen LogP contribution in [-0.4, -0.2) is 53.8 Å². The van der Waals surface area contributed by atoms with Crippen LogP contribution in [0.15, 0.2) is 24.3 Å². The highest BCUT2D eigenvalue weighted by Crippen LogP contribution is 2.33. The van der Waals surface area contributed by atoms with Gasteiger partial charge in [0.2, 0.25) is 0 Å². The summed E-state index contributed by atoms with van der Waals surface area (Å²) in [5.74, 6) is -1.67. The summed E-state index contributed by atoms with van der Waals surface area (Å²) in [5.41, 5.74) is 0. The average Bonchev–Trinajstić information content (AvgIpc) is 3.17. The van der Waals surface area contributed by atoms with Gasteiger partial charge in [-0.1, -0.05) is 19.1 Å². The van der Waals surface area contributed by atoms with Gasteiger partial charge in [0.1, 0.15) is 0 Å². The molecule has 0 aliphatic carbocycles. The number of hydrogen-bond acceptors (Lipinski definition) is 4. The van der Waals surface area contributed by atoms with Crippen molar-refractivity contribution in [2.24, 2.45) is 11.8 Å². The topological polar surface area (TPSA) is 76.1 Å². The number of piperidine rings is 1. The summed E-state index contributed by atoms with van der Waals surface area (Å²) < 4.78 is 25.1. The minimum Gasteiger partial charge on any atom is -0.481 e. The smallest absolute Gasteiger partial charge is 0.309 e. The molecular weight excluding hydrogens is 353 g/mol. The minimum atomic E-state index is -0.805. The largest absolute Gasteiger partial charge is 0.481 e. The van der Waals surface area contributed by atoms with Crippen LogP contribution >= 0.6 is 0 Å². The highest BCUT2D eigenvalue weighted by Gasteiger charge is 2.41. The summed E-state index contributed by atoms with van der Waals surface area (Å²) in [6, 6.07) is 6.06. The summed E-state index contributed by atoms with van der Waals surface area (Å²) in [4.78, 5) is 25.9. The van der Waals surface area contributed by atoms with Gasteiger partial charge >= 0.3 is 5.97 Å². The third-order valence-electron chi connectivity index (χ3n) is 5.52. The number of hydrogen-bond donors (Lipinski definition) is 1. The Balaban J connectivity index is 1.57. The Morgan fingerprint density at radius 3 is 2.63 bits per heavy atom. The zero-order valence-corrected chi connectivity index (χ0v) is 15.5. The van der Waals surface area contributed by atoms with Crippen LogP contribution in [0.5, 0.6) is 5.75 Å². The van der Waals surface area contributed by atoms with Crippen molar-refractivity contribution in [3.05, 3.63) is 30.1 Å². The van der Waals surface area contributed by atoms with E-state index in [2.05, 4.69) is 0 Å². The zero-order valence-electron chi connectivity index (χ0n) is 15.5. The number of amides is 1. The Morgan fingerprint density at radius 2 is 2.00 bits per heavy atom. The summed E-state index contributed by atoms with van der Waals surface area (Å²) in [5, 5.41) is 9.33. The van der Waals surface area contributed by atoms with Crippen molar-refractivity contribution in [1.29, 1.82) is 0 Å². The standard InChI is InChI=1S/C20H26FNO5/c1-2-16(27-17-6-4-3-5-15(17)21)19(23)22-10-7-13(8-11-22)18-14(20(24)25)9-12-26-18/h3-6,13-14,16,18H,2,7-12H2,1H3,(H,24,25)/t14?,16?,18-/m0/s1. The summed E-state index contributed by atoms with van der Waals surface area (Å²) in [7, 11) is 0. The van der Waals surface area contributed by atoms with E-state index in [1.54, 1.807) is 17.0 Å². The second-order valence-corrected chi connectivity index (χ2v) is 7.18. The molecular formula is C20H26FNO5. The first-order valence-electron chi connectivity index (χ1n) is 9.55. The number of halogens is 1. The van der Waals surface area contributed by atoms with Crippen molar-refractivity contribution >= 4 is 11.9 Å². The number of rotatable bonds is 6. The van der Waals surface area contributed by atoms with Crippen LogP contribution in [0, 0.1) is 17.7 Å². The molecule has 2 heterocycles. The first-order valence-corrected chi connectivity index (χ1v) is 9.55. The third kappa shape index (κ3) is 4.40. The predicted molar refractivity (Wildman–Crippen MR) is 95.9 cm³/mol. The molecule has 0 aromatic heterocycles. The Kier molecular flexibility index (Phi) is 6.31. The van der Waals surface area contributed by atoms with Crippen LogP contribution in [0.4, 0.5) is 4.39 Å². The van der Waals surface area contributed by atoms with E-state index in [1.807, 2.05) is 6.92 Å². The molecule has 6 nitrogen and oxygen atoms in total. The molecule has 2 unspecified atom stereocenters.